The fraction of sp³-hybridized carbons (Fsp3) is 0.286. The molecule has 0 saturated heterocycles. The number of fused-ring (bicyclic) bond motifs is 1. The third-order valence-corrected chi connectivity index (χ3v) is 2.76. The van der Waals surface area contributed by atoms with E-state index in [-0.39, 0.29) is 0 Å². The molecular weight excluding hydrogens is 166 g/mol. The summed E-state index contributed by atoms with van der Waals surface area (Å²) in [6.45, 7) is 0. The SMILES string of the molecule is Clc1cnc2c(c1)CCS2. The van der Waals surface area contributed by atoms with Crippen molar-refractivity contribution in [2.75, 3.05) is 5.75 Å². The zero-order valence-corrected chi connectivity index (χ0v) is 6.87. The largest absolute Gasteiger partial charge is 0.248 e. The van der Waals surface area contributed by atoms with E-state index in [2.05, 4.69) is 4.98 Å². The summed E-state index contributed by atoms with van der Waals surface area (Å²) >= 11 is 7.56. The lowest BCUT2D eigenvalue weighted by molar-refractivity contribution is 1.05. The minimum absolute atomic E-state index is 0.751. The van der Waals surface area contributed by atoms with Crippen LogP contribution in [0.15, 0.2) is 17.3 Å². The summed E-state index contributed by atoms with van der Waals surface area (Å²) in [6.07, 6.45) is 2.83. The highest BCUT2D eigenvalue weighted by Crippen LogP contribution is 2.30. The first-order chi connectivity index (χ1) is 4.86. The summed E-state index contributed by atoms with van der Waals surface area (Å²) < 4.78 is 0. The van der Waals surface area contributed by atoms with Crippen LogP contribution < -0.4 is 0 Å². The van der Waals surface area contributed by atoms with Crippen molar-refractivity contribution < 1.29 is 0 Å². The van der Waals surface area contributed by atoms with Gasteiger partial charge in [-0.3, -0.25) is 0 Å². The van der Waals surface area contributed by atoms with Crippen molar-refractivity contribution in [2.45, 2.75) is 11.4 Å². The van der Waals surface area contributed by atoms with Gasteiger partial charge in [0.15, 0.2) is 0 Å². The molecule has 0 bridgehead atoms. The molecule has 0 radical (unpaired) electrons. The smallest absolute Gasteiger partial charge is 0.0993 e. The molecule has 1 aliphatic heterocycles. The summed E-state index contributed by atoms with van der Waals surface area (Å²) in [7, 11) is 0. The lowest BCUT2D eigenvalue weighted by Gasteiger charge is -1.94. The molecule has 2 heterocycles. The number of pyridine rings is 1. The van der Waals surface area contributed by atoms with E-state index >= 15 is 0 Å². The highest BCUT2D eigenvalue weighted by molar-refractivity contribution is 7.99. The van der Waals surface area contributed by atoms with Gasteiger partial charge < -0.3 is 0 Å². The molecule has 0 saturated carbocycles. The molecule has 10 heavy (non-hydrogen) atoms. The van der Waals surface area contributed by atoms with Gasteiger partial charge in [-0.05, 0) is 18.1 Å². The Morgan fingerprint density at radius 2 is 2.50 bits per heavy atom. The number of halogens is 1. The van der Waals surface area contributed by atoms with E-state index in [0.29, 0.717) is 0 Å². The van der Waals surface area contributed by atoms with Crippen LogP contribution in [-0.2, 0) is 6.42 Å². The van der Waals surface area contributed by atoms with Crippen LogP contribution in [0.4, 0.5) is 0 Å². The van der Waals surface area contributed by atoms with Crippen molar-refractivity contribution in [3.8, 4) is 0 Å². The summed E-state index contributed by atoms with van der Waals surface area (Å²) in [5, 5.41) is 1.91. The molecule has 1 aliphatic rings. The van der Waals surface area contributed by atoms with Crippen LogP contribution in [0.5, 0.6) is 0 Å². The van der Waals surface area contributed by atoms with Crippen molar-refractivity contribution >= 4 is 23.4 Å². The molecule has 0 atom stereocenters. The molecule has 1 aromatic heterocycles. The Labute approximate surface area is 68.8 Å². The maximum absolute atomic E-state index is 5.75. The van der Waals surface area contributed by atoms with Crippen LogP contribution in [0.25, 0.3) is 0 Å². The first-order valence-electron chi connectivity index (χ1n) is 3.13. The minimum atomic E-state index is 0.751. The molecule has 0 N–H and O–H groups in total. The van der Waals surface area contributed by atoms with Gasteiger partial charge in [-0.25, -0.2) is 4.98 Å². The fourth-order valence-electron chi connectivity index (χ4n) is 1.04. The van der Waals surface area contributed by atoms with E-state index in [9.17, 15) is 0 Å². The number of rotatable bonds is 0. The molecule has 0 aliphatic carbocycles. The maximum atomic E-state index is 5.75. The van der Waals surface area contributed by atoms with Crippen LogP contribution in [0.2, 0.25) is 5.02 Å². The van der Waals surface area contributed by atoms with Crippen molar-refractivity contribution in [1.82, 2.24) is 4.98 Å². The third kappa shape index (κ3) is 1.02. The summed E-state index contributed by atoms with van der Waals surface area (Å²) in [5.74, 6) is 1.16. The van der Waals surface area contributed by atoms with Crippen LogP contribution in [0.3, 0.4) is 0 Å². The highest BCUT2D eigenvalue weighted by Gasteiger charge is 2.11. The van der Waals surface area contributed by atoms with E-state index < -0.39 is 0 Å². The monoisotopic (exact) mass is 171 g/mol. The topological polar surface area (TPSA) is 12.9 Å². The van der Waals surface area contributed by atoms with Crippen molar-refractivity contribution in [3.05, 3.63) is 22.8 Å². The Bertz CT molecular complexity index is 262. The van der Waals surface area contributed by atoms with Gasteiger partial charge in [0.25, 0.3) is 0 Å². The van der Waals surface area contributed by atoms with Gasteiger partial charge in [0.2, 0.25) is 0 Å². The van der Waals surface area contributed by atoms with E-state index in [1.54, 1.807) is 18.0 Å². The molecular formula is C7H6ClNS. The van der Waals surface area contributed by atoms with Crippen LogP contribution in [0.1, 0.15) is 5.56 Å². The number of hydrogen-bond acceptors (Lipinski definition) is 2. The Morgan fingerprint density at radius 1 is 1.60 bits per heavy atom. The van der Waals surface area contributed by atoms with Gasteiger partial charge in [0, 0.05) is 11.9 Å². The predicted octanol–water partition coefficient (Wildman–Crippen LogP) is 2.38. The lowest BCUT2D eigenvalue weighted by Crippen LogP contribution is -1.82. The quantitative estimate of drug-likeness (QED) is 0.595. The number of aryl methyl sites for hydroxylation is 1. The van der Waals surface area contributed by atoms with E-state index in [1.165, 1.54) is 5.56 Å². The van der Waals surface area contributed by atoms with Gasteiger partial charge >= 0.3 is 0 Å². The Kier molecular flexibility index (Phi) is 1.58. The van der Waals surface area contributed by atoms with Crippen molar-refractivity contribution in [3.63, 3.8) is 0 Å². The van der Waals surface area contributed by atoms with Crippen LogP contribution in [-0.4, -0.2) is 10.7 Å². The predicted molar refractivity (Wildman–Crippen MR) is 43.7 cm³/mol. The molecule has 1 aromatic rings. The normalized spacial score (nSPS) is 15.3. The Balaban J connectivity index is 2.52. The van der Waals surface area contributed by atoms with Gasteiger partial charge in [-0.15, -0.1) is 11.8 Å². The van der Waals surface area contributed by atoms with E-state index in [0.717, 1.165) is 22.2 Å². The second kappa shape index (κ2) is 2.44. The van der Waals surface area contributed by atoms with Gasteiger partial charge in [0.1, 0.15) is 0 Å². The molecule has 0 amide bonds. The zero-order valence-electron chi connectivity index (χ0n) is 5.30. The second-order valence-corrected chi connectivity index (χ2v) is 3.74. The standard InChI is InChI=1S/C7H6ClNS/c8-6-3-5-1-2-10-7(5)9-4-6/h3-4H,1-2H2. The number of aromatic nitrogens is 1. The van der Waals surface area contributed by atoms with Crippen molar-refractivity contribution in [2.24, 2.45) is 0 Å². The maximum Gasteiger partial charge on any atom is 0.0993 e. The molecule has 0 unspecified atom stereocenters. The molecule has 0 spiro atoms. The van der Waals surface area contributed by atoms with E-state index in [1.807, 2.05) is 6.07 Å². The average molecular weight is 172 g/mol. The van der Waals surface area contributed by atoms with Crippen molar-refractivity contribution in [1.29, 1.82) is 0 Å². The van der Waals surface area contributed by atoms with Gasteiger partial charge in [-0.2, -0.15) is 0 Å². The number of nitrogens with zero attached hydrogens (tertiary/aromatic N) is 1. The highest BCUT2D eigenvalue weighted by atomic mass is 35.5. The first kappa shape index (κ1) is 6.50. The number of hydrogen-bond donors (Lipinski definition) is 0. The van der Waals surface area contributed by atoms with E-state index in [4.69, 9.17) is 11.6 Å². The number of thioether (sulfide) groups is 1. The molecule has 0 aromatic carbocycles. The summed E-state index contributed by atoms with van der Waals surface area (Å²) in [5.41, 5.74) is 1.30. The Hall–Kier alpha value is -0.210. The second-order valence-electron chi connectivity index (χ2n) is 2.22. The molecule has 52 valence electrons. The summed E-state index contributed by atoms with van der Waals surface area (Å²) in [6, 6.07) is 2.00. The van der Waals surface area contributed by atoms with Crippen LogP contribution >= 0.6 is 23.4 Å². The lowest BCUT2D eigenvalue weighted by atomic mass is 10.2. The minimum Gasteiger partial charge on any atom is -0.248 e. The first-order valence-corrected chi connectivity index (χ1v) is 4.50. The van der Waals surface area contributed by atoms with Gasteiger partial charge in [-0.1, -0.05) is 11.6 Å². The molecule has 0 fully saturated rings. The zero-order chi connectivity index (χ0) is 6.97. The summed E-state index contributed by atoms with van der Waals surface area (Å²) in [4.78, 5) is 4.19. The van der Waals surface area contributed by atoms with Gasteiger partial charge in [0.05, 0.1) is 10.0 Å². The third-order valence-electron chi connectivity index (χ3n) is 1.50. The Morgan fingerprint density at radius 3 is 3.40 bits per heavy atom. The molecule has 2 rings (SSSR count). The van der Waals surface area contributed by atoms with Crippen LogP contribution in [0, 0.1) is 0 Å². The molecule has 3 heteroatoms. The fourth-order valence-corrected chi connectivity index (χ4v) is 2.20. The average Bonchev–Trinajstić information content (AvgIpc) is 2.33. The molecule has 1 nitrogen and oxygen atoms in total.